The molecule has 0 unspecified atom stereocenters. The van der Waals surface area contributed by atoms with Crippen molar-refractivity contribution >= 4 is 11.8 Å². The van der Waals surface area contributed by atoms with Crippen molar-refractivity contribution in [1.82, 2.24) is 9.88 Å². The minimum atomic E-state index is -0.529. The largest absolute Gasteiger partial charge is 0.378 e. The molecule has 0 atom stereocenters. The third-order valence-electron chi connectivity index (χ3n) is 5.95. The van der Waals surface area contributed by atoms with Crippen LogP contribution < -0.4 is 5.73 Å². The molecule has 2 N–H and O–H groups in total. The Morgan fingerprint density at radius 1 is 1.09 bits per heavy atom. The van der Waals surface area contributed by atoms with Crippen molar-refractivity contribution in [2.45, 2.75) is 6.42 Å². The maximum atomic E-state index is 12.9. The SMILES string of the molecule is N#Cc1cccc(-c2cc(C(N)=O)c3c(n2)-c2ccc(C(=O)N4CCOCC4)cc2C3)c1. The zero-order valence-electron chi connectivity index (χ0n) is 17.3. The fraction of sp³-hybridized carbons (Fsp3) is 0.200. The van der Waals surface area contributed by atoms with Crippen molar-refractivity contribution in [2.24, 2.45) is 5.73 Å². The lowest BCUT2D eigenvalue weighted by molar-refractivity contribution is 0.0303. The molecule has 1 saturated heterocycles. The van der Waals surface area contributed by atoms with Crippen LogP contribution in [0.4, 0.5) is 0 Å². The molecule has 1 aliphatic heterocycles. The second-order valence-electron chi connectivity index (χ2n) is 7.89. The molecule has 2 aliphatic rings. The molecule has 5 rings (SSSR count). The molecule has 2 aromatic carbocycles. The summed E-state index contributed by atoms with van der Waals surface area (Å²) >= 11 is 0. The van der Waals surface area contributed by atoms with Gasteiger partial charge in [0, 0.05) is 41.8 Å². The van der Waals surface area contributed by atoms with Gasteiger partial charge in [-0.3, -0.25) is 9.59 Å². The summed E-state index contributed by atoms with van der Waals surface area (Å²) < 4.78 is 5.34. The van der Waals surface area contributed by atoms with Gasteiger partial charge in [-0.25, -0.2) is 4.98 Å². The Morgan fingerprint density at radius 2 is 1.91 bits per heavy atom. The number of nitrogens with zero attached hydrogens (tertiary/aromatic N) is 3. The predicted octanol–water partition coefficient (Wildman–Crippen LogP) is 2.76. The van der Waals surface area contributed by atoms with Crippen LogP contribution in [0.25, 0.3) is 22.5 Å². The molecule has 0 spiro atoms. The molecule has 158 valence electrons. The van der Waals surface area contributed by atoms with E-state index < -0.39 is 5.91 Å². The molecule has 2 amide bonds. The van der Waals surface area contributed by atoms with Gasteiger partial charge < -0.3 is 15.4 Å². The number of hydrogen-bond donors (Lipinski definition) is 1. The number of morpholine rings is 1. The van der Waals surface area contributed by atoms with Gasteiger partial charge in [-0.1, -0.05) is 18.2 Å². The smallest absolute Gasteiger partial charge is 0.254 e. The van der Waals surface area contributed by atoms with Gasteiger partial charge in [-0.05, 0) is 41.5 Å². The van der Waals surface area contributed by atoms with E-state index in [4.69, 9.17) is 15.5 Å². The van der Waals surface area contributed by atoms with E-state index in [0.29, 0.717) is 60.8 Å². The number of benzene rings is 2. The standard InChI is InChI=1S/C25H20N4O3/c26-14-15-2-1-3-16(10-15)22-13-21(24(27)30)20-12-18-11-17(4-5-19(18)23(20)28-22)25(31)29-6-8-32-9-7-29/h1-5,10-11,13H,6-9,12H2,(H2,27,30). The number of hydrogen-bond acceptors (Lipinski definition) is 5. The van der Waals surface area contributed by atoms with Crippen LogP contribution in [-0.4, -0.2) is 48.0 Å². The number of nitriles is 1. The molecule has 1 aliphatic carbocycles. The second kappa shape index (κ2) is 7.91. The fourth-order valence-electron chi connectivity index (χ4n) is 4.33. The number of carbonyl (C=O) groups is 2. The van der Waals surface area contributed by atoms with Gasteiger partial charge in [-0.2, -0.15) is 5.26 Å². The highest BCUT2D eigenvalue weighted by Crippen LogP contribution is 2.39. The zero-order chi connectivity index (χ0) is 22.2. The summed E-state index contributed by atoms with van der Waals surface area (Å²) in [5, 5.41) is 9.22. The average molecular weight is 424 g/mol. The van der Waals surface area contributed by atoms with Crippen LogP contribution in [0.5, 0.6) is 0 Å². The number of ether oxygens (including phenoxy) is 1. The molecule has 0 bridgehead atoms. The van der Waals surface area contributed by atoms with Gasteiger partial charge in [0.25, 0.3) is 5.91 Å². The number of carbonyl (C=O) groups excluding carboxylic acids is 2. The summed E-state index contributed by atoms with van der Waals surface area (Å²) in [6, 6.07) is 16.5. The van der Waals surface area contributed by atoms with E-state index in [9.17, 15) is 14.9 Å². The molecule has 1 aromatic heterocycles. The number of amides is 2. The first kappa shape index (κ1) is 19.9. The summed E-state index contributed by atoms with van der Waals surface area (Å²) in [5.74, 6) is -0.553. The summed E-state index contributed by atoms with van der Waals surface area (Å²) in [6.07, 6.45) is 0.485. The topological polar surface area (TPSA) is 109 Å². The molecule has 1 fully saturated rings. The number of nitrogens with two attached hydrogens (primary N) is 1. The van der Waals surface area contributed by atoms with Crippen molar-refractivity contribution in [2.75, 3.05) is 26.3 Å². The van der Waals surface area contributed by atoms with Crippen LogP contribution in [0.1, 0.15) is 37.4 Å². The highest BCUT2D eigenvalue weighted by molar-refractivity contribution is 6.00. The van der Waals surface area contributed by atoms with Gasteiger partial charge in [0.1, 0.15) is 0 Å². The minimum Gasteiger partial charge on any atom is -0.378 e. The van der Waals surface area contributed by atoms with Gasteiger partial charge >= 0.3 is 0 Å². The molecule has 3 aromatic rings. The maximum Gasteiger partial charge on any atom is 0.254 e. The highest BCUT2D eigenvalue weighted by atomic mass is 16.5. The Balaban J connectivity index is 1.57. The Bertz CT molecular complexity index is 1300. The lowest BCUT2D eigenvalue weighted by Crippen LogP contribution is -2.40. The van der Waals surface area contributed by atoms with Crippen LogP contribution in [0, 0.1) is 11.3 Å². The maximum absolute atomic E-state index is 12.9. The van der Waals surface area contributed by atoms with Gasteiger partial charge in [0.2, 0.25) is 5.91 Å². The summed E-state index contributed by atoms with van der Waals surface area (Å²) in [5.41, 5.74) is 11.8. The quantitative estimate of drug-likeness (QED) is 0.544. The summed E-state index contributed by atoms with van der Waals surface area (Å²) in [7, 11) is 0. The van der Waals surface area contributed by atoms with Crippen LogP contribution in [0.2, 0.25) is 0 Å². The van der Waals surface area contributed by atoms with E-state index in [-0.39, 0.29) is 5.91 Å². The average Bonchev–Trinajstić information content (AvgIpc) is 3.21. The van der Waals surface area contributed by atoms with Crippen LogP contribution in [0.15, 0.2) is 48.5 Å². The van der Waals surface area contributed by atoms with E-state index in [2.05, 4.69) is 6.07 Å². The van der Waals surface area contributed by atoms with Crippen molar-refractivity contribution in [3.8, 4) is 28.6 Å². The van der Waals surface area contributed by atoms with Gasteiger partial charge in [0.15, 0.2) is 0 Å². The number of fused-ring (bicyclic) bond motifs is 3. The third kappa shape index (κ3) is 3.41. The Kier molecular flexibility index (Phi) is 4.92. The molecular formula is C25H20N4O3. The molecule has 0 saturated carbocycles. The van der Waals surface area contributed by atoms with Crippen molar-refractivity contribution in [3.63, 3.8) is 0 Å². The number of aromatic nitrogens is 1. The Hall–Kier alpha value is -4.02. The van der Waals surface area contributed by atoms with Crippen molar-refractivity contribution in [1.29, 1.82) is 5.26 Å². The van der Waals surface area contributed by atoms with E-state index in [0.717, 1.165) is 22.3 Å². The first-order chi connectivity index (χ1) is 15.5. The normalized spacial score (nSPS) is 14.4. The molecule has 7 nitrogen and oxygen atoms in total. The van der Waals surface area contributed by atoms with E-state index in [1.165, 1.54) is 0 Å². The second-order valence-corrected chi connectivity index (χ2v) is 7.89. The minimum absolute atomic E-state index is 0.0239. The van der Waals surface area contributed by atoms with Gasteiger partial charge in [-0.15, -0.1) is 0 Å². The molecule has 0 radical (unpaired) electrons. The lowest BCUT2D eigenvalue weighted by atomic mass is 10.0. The van der Waals surface area contributed by atoms with E-state index in [1.807, 2.05) is 18.2 Å². The Labute approximate surface area is 185 Å². The van der Waals surface area contributed by atoms with Gasteiger partial charge in [0.05, 0.1) is 36.2 Å². The van der Waals surface area contributed by atoms with Crippen molar-refractivity contribution in [3.05, 3.63) is 76.3 Å². The zero-order valence-corrected chi connectivity index (χ0v) is 17.3. The molecular weight excluding hydrogens is 404 g/mol. The van der Waals surface area contributed by atoms with Crippen LogP contribution >= 0.6 is 0 Å². The van der Waals surface area contributed by atoms with Crippen LogP contribution in [-0.2, 0) is 11.2 Å². The Morgan fingerprint density at radius 3 is 2.66 bits per heavy atom. The molecule has 2 heterocycles. The number of pyridine rings is 1. The first-order valence-corrected chi connectivity index (χ1v) is 10.4. The number of primary amides is 1. The summed E-state index contributed by atoms with van der Waals surface area (Å²) in [6.45, 7) is 2.25. The van der Waals surface area contributed by atoms with Crippen LogP contribution in [0.3, 0.4) is 0 Å². The molecule has 7 heteroatoms. The third-order valence-corrected chi connectivity index (χ3v) is 5.95. The van der Waals surface area contributed by atoms with Crippen molar-refractivity contribution < 1.29 is 14.3 Å². The van der Waals surface area contributed by atoms with E-state index >= 15 is 0 Å². The summed E-state index contributed by atoms with van der Waals surface area (Å²) in [4.78, 5) is 31.8. The first-order valence-electron chi connectivity index (χ1n) is 10.4. The van der Waals surface area contributed by atoms with E-state index in [1.54, 1.807) is 35.2 Å². The fourth-order valence-corrected chi connectivity index (χ4v) is 4.33. The lowest BCUT2D eigenvalue weighted by Gasteiger charge is -2.27. The predicted molar refractivity (Wildman–Crippen MR) is 118 cm³/mol. The molecule has 32 heavy (non-hydrogen) atoms. The number of rotatable bonds is 3. The monoisotopic (exact) mass is 424 g/mol. The highest BCUT2D eigenvalue weighted by Gasteiger charge is 2.28.